The van der Waals surface area contributed by atoms with Crippen LogP contribution in [0.25, 0.3) is 0 Å². The number of nitrogens with one attached hydrogen (secondary N) is 1. The summed E-state index contributed by atoms with van der Waals surface area (Å²) in [6.45, 7) is 5.42. The molecule has 6 heteroatoms. The van der Waals surface area contributed by atoms with Crippen molar-refractivity contribution < 1.29 is 19.1 Å². The predicted molar refractivity (Wildman–Crippen MR) is 70.9 cm³/mol. The number of carbonyl (C=O) groups is 3. The van der Waals surface area contributed by atoms with Crippen LogP contribution in [-0.4, -0.2) is 29.8 Å². The van der Waals surface area contributed by atoms with Gasteiger partial charge in [-0.15, -0.1) is 0 Å². The van der Waals surface area contributed by atoms with Crippen molar-refractivity contribution in [3.63, 3.8) is 0 Å². The zero-order valence-electron chi connectivity index (χ0n) is 11.1. The lowest BCUT2D eigenvalue weighted by molar-refractivity contribution is -0.114. The first kappa shape index (κ1) is 15.4. The molecule has 0 heterocycles. The molecule has 0 aliphatic heterocycles. The number of alkyl carbamates (subject to hydrolysis) is 1. The summed E-state index contributed by atoms with van der Waals surface area (Å²) in [5.41, 5.74) is -0.370. The van der Waals surface area contributed by atoms with Gasteiger partial charge in [0, 0.05) is 12.1 Å². The number of allylic oxidation sites excluding steroid dienone is 3. The Morgan fingerprint density at radius 3 is 2.42 bits per heavy atom. The van der Waals surface area contributed by atoms with Crippen LogP contribution in [0.15, 0.2) is 22.8 Å². The Balaban J connectivity index is 2.49. The summed E-state index contributed by atoms with van der Waals surface area (Å²) >= 11 is 5.76. The number of halogens is 1. The van der Waals surface area contributed by atoms with E-state index in [9.17, 15) is 14.4 Å². The van der Waals surface area contributed by atoms with Crippen molar-refractivity contribution in [1.82, 2.24) is 5.32 Å². The van der Waals surface area contributed by atoms with Gasteiger partial charge in [0.25, 0.3) is 0 Å². The number of ether oxygens (including phenoxy) is 1. The Morgan fingerprint density at radius 1 is 1.26 bits per heavy atom. The summed E-state index contributed by atoms with van der Waals surface area (Å²) in [7, 11) is 0. The molecule has 1 N–H and O–H groups in total. The number of rotatable bonds is 3. The summed E-state index contributed by atoms with van der Waals surface area (Å²) < 4.78 is 5.04. The van der Waals surface area contributed by atoms with Crippen LogP contribution in [0.4, 0.5) is 4.79 Å². The van der Waals surface area contributed by atoms with E-state index in [-0.39, 0.29) is 29.4 Å². The van der Waals surface area contributed by atoms with Crippen LogP contribution in [0.5, 0.6) is 0 Å². The smallest absolute Gasteiger partial charge is 0.407 e. The Kier molecular flexibility index (Phi) is 4.89. The maximum atomic E-state index is 11.5. The molecular weight excluding hydrogens is 270 g/mol. The van der Waals surface area contributed by atoms with E-state index in [0.717, 1.165) is 6.08 Å². The highest BCUT2D eigenvalue weighted by Crippen LogP contribution is 2.20. The fourth-order valence-corrected chi connectivity index (χ4v) is 1.67. The van der Waals surface area contributed by atoms with Gasteiger partial charge in [-0.05, 0) is 39.3 Å². The zero-order valence-corrected chi connectivity index (χ0v) is 11.8. The van der Waals surface area contributed by atoms with Crippen LogP contribution >= 0.6 is 11.6 Å². The lowest BCUT2D eigenvalue weighted by atomic mass is 10.0. The molecule has 0 spiro atoms. The molecule has 1 rings (SSSR count). The Hall–Kier alpha value is -1.62. The predicted octanol–water partition coefficient (Wildman–Crippen LogP) is 2.10. The summed E-state index contributed by atoms with van der Waals surface area (Å²) in [6.07, 6.45) is 1.92. The highest BCUT2D eigenvalue weighted by atomic mass is 35.5. The highest BCUT2D eigenvalue weighted by Gasteiger charge is 2.21. The molecule has 0 atom stereocenters. The highest BCUT2D eigenvalue weighted by molar-refractivity contribution is 6.48. The first-order chi connectivity index (χ1) is 8.70. The maximum absolute atomic E-state index is 11.5. The number of ketones is 2. The minimum absolute atomic E-state index is 0.0847. The molecule has 0 aromatic heterocycles. The second-order valence-electron chi connectivity index (χ2n) is 5.03. The SMILES string of the molecule is CC(C)(C)OC(=O)NCCC1=C(Cl)C(=O)C=CC1=O. The second kappa shape index (κ2) is 6.02. The molecule has 19 heavy (non-hydrogen) atoms. The molecule has 0 saturated heterocycles. The number of carbonyl (C=O) groups excluding carboxylic acids is 3. The number of amides is 1. The van der Waals surface area contributed by atoms with Crippen molar-refractivity contribution in [2.75, 3.05) is 6.54 Å². The third kappa shape index (κ3) is 4.87. The standard InChI is InChI=1S/C13H16ClNO4/c1-13(2,3)19-12(18)15-7-6-8-9(16)4-5-10(17)11(8)14/h4-5H,6-7H2,1-3H3,(H,15,18). The van der Waals surface area contributed by atoms with Gasteiger partial charge in [0.1, 0.15) is 5.60 Å². The van der Waals surface area contributed by atoms with E-state index in [1.165, 1.54) is 6.08 Å². The van der Waals surface area contributed by atoms with E-state index in [1.807, 2.05) is 0 Å². The molecule has 1 amide bonds. The monoisotopic (exact) mass is 285 g/mol. The van der Waals surface area contributed by atoms with Crippen molar-refractivity contribution in [2.45, 2.75) is 32.8 Å². The fourth-order valence-electron chi connectivity index (χ4n) is 1.42. The van der Waals surface area contributed by atoms with Gasteiger partial charge in [-0.2, -0.15) is 0 Å². The van der Waals surface area contributed by atoms with Gasteiger partial charge in [-0.25, -0.2) is 4.79 Å². The molecule has 0 saturated carbocycles. The van der Waals surface area contributed by atoms with Crippen molar-refractivity contribution in [3.05, 3.63) is 22.8 Å². The molecule has 0 bridgehead atoms. The van der Waals surface area contributed by atoms with Crippen molar-refractivity contribution in [2.24, 2.45) is 0 Å². The van der Waals surface area contributed by atoms with Gasteiger partial charge in [0.2, 0.25) is 0 Å². The van der Waals surface area contributed by atoms with Gasteiger partial charge in [0.05, 0.1) is 5.03 Å². The van der Waals surface area contributed by atoms with Gasteiger partial charge in [-0.3, -0.25) is 9.59 Å². The summed E-state index contributed by atoms with van der Waals surface area (Å²) in [4.78, 5) is 34.2. The normalized spacial score (nSPS) is 15.8. The lowest BCUT2D eigenvalue weighted by Crippen LogP contribution is -2.33. The van der Waals surface area contributed by atoms with E-state index >= 15 is 0 Å². The molecule has 1 aliphatic carbocycles. The van der Waals surface area contributed by atoms with E-state index in [0.29, 0.717) is 0 Å². The van der Waals surface area contributed by atoms with E-state index < -0.39 is 17.5 Å². The minimum atomic E-state index is -0.583. The lowest BCUT2D eigenvalue weighted by Gasteiger charge is -2.19. The van der Waals surface area contributed by atoms with Crippen molar-refractivity contribution in [1.29, 1.82) is 0 Å². The number of hydrogen-bond donors (Lipinski definition) is 1. The van der Waals surface area contributed by atoms with Crippen LogP contribution in [0.1, 0.15) is 27.2 Å². The molecule has 1 aliphatic rings. The third-order valence-electron chi connectivity index (χ3n) is 2.21. The molecule has 5 nitrogen and oxygen atoms in total. The van der Waals surface area contributed by atoms with Crippen molar-refractivity contribution >= 4 is 29.3 Å². The molecule has 0 radical (unpaired) electrons. The first-order valence-corrected chi connectivity index (χ1v) is 6.21. The topological polar surface area (TPSA) is 72.5 Å². The van der Waals surface area contributed by atoms with Gasteiger partial charge < -0.3 is 10.1 Å². The Morgan fingerprint density at radius 2 is 1.84 bits per heavy atom. The largest absolute Gasteiger partial charge is 0.444 e. The summed E-state index contributed by atoms with van der Waals surface area (Å²) in [5, 5.41) is 2.42. The molecule has 0 aromatic rings. The second-order valence-corrected chi connectivity index (χ2v) is 5.41. The summed E-state index contributed by atoms with van der Waals surface area (Å²) in [6, 6.07) is 0. The maximum Gasteiger partial charge on any atom is 0.407 e. The molecule has 104 valence electrons. The average molecular weight is 286 g/mol. The minimum Gasteiger partial charge on any atom is -0.444 e. The van der Waals surface area contributed by atoms with Gasteiger partial charge in [0.15, 0.2) is 11.6 Å². The summed E-state index contributed by atoms with van der Waals surface area (Å²) in [5.74, 6) is -0.705. The zero-order chi connectivity index (χ0) is 14.6. The third-order valence-corrected chi connectivity index (χ3v) is 2.62. The van der Waals surface area contributed by atoms with Crippen LogP contribution < -0.4 is 5.32 Å². The molecular formula is C13H16ClNO4. The fraction of sp³-hybridized carbons (Fsp3) is 0.462. The Labute approximate surface area is 116 Å². The quantitative estimate of drug-likeness (QED) is 0.806. The Bertz CT molecular complexity index is 472. The van der Waals surface area contributed by atoms with Crippen LogP contribution in [-0.2, 0) is 14.3 Å². The number of hydrogen-bond acceptors (Lipinski definition) is 4. The van der Waals surface area contributed by atoms with Gasteiger partial charge >= 0.3 is 6.09 Å². The average Bonchev–Trinajstić information content (AvgIpc) is 2.26. The van der Waals surface area contributed by atoms with E-state index in [4.69, 9.17) is 16.3 Å². The van der Waals surface area contributed by atoms with Crippen LogP contribution in [0.3, 0.4) is 0 Å². The van der Waals surface area contributed by atoms with Crippen molar-refractivity contribution in [3.8, 4) is 0 Å². The first-order valence-electron chi connectivity index (χ1n) is 5.83. The van der Waals surface area contributed by atoms with E-state index in [1.54, 1.807) is 20.8 Å². The van der Waals surface area contributed by atoms with Crippen LogP contribution in [0, 0.1) is 0 Å². The molecule has 0 unspecified atom stereocenters. The van der Waals surface area contributed by atoms with Crippen LogP contribution in [0.2, 0.25) is 0 Å². The molecule has 0 aromatic carbocycles. The van der Waals surface area contributed by atoms with E-state index in [2.05, 4.69) is 5.32 Å². The van der Waals surface area contributed by atoms with Gasteiger partial charge in [-0.1, -0.05) is 11.6 Å². The molecule has 0 fully saturated rings.